The Kier molecular flexibility index (Phi) is 5.00. The van der Waals surface area contributed by atoms with E-state index in [4.69, 9.17) is 16.3 Å². The molecule has 0 unspecified atom stereocenters. The fourth-order valence-corrected chi connectivity index (χ4v) is 2.66. The number of halogens is 1. The van der Waals surface area contributed by atoms with Crippen molar-refractivity contribution in [3.05, 3.63) is 59.4 Å². The summed E-state index contributed by atoms with van der Waals surface area (Å²) in [7, 11) is 0. The summed E-state index contributed by atoms with van der Waals surface area (Å²) in [6, 6.07) is 12.7. The minimum atomic E-state index is -0.520. The summed E-state index contributed by atoms with van der Waals surface area (Å²) < 4.78 is 6.69. The number of aryl methyl sites for hydroxylation is 1. The minimum Gasteiger partial charge on any atom is -0.454 e. The van der Waals surface area contributed by atoms with E-state index in [0.29, 0.717) is 10.7 Å². The molecular formula is C18H16ClN3O3. The molecule has 0 saturated carbocycles. The number of nitrogens with zero attached hydrogens (tertiary/aromatic N) is 2. The van der Waals surface area contributed by atoms with Gasteiger partial charge in [-0.1, -0.05) is 29.8 Å². The number of hydrogen-bond acceptors (Lipinski definition) is 4. The van der Waals surface area contributed by atoms with Gasteiger partial charge in [-0.2, -0.15) is 0 Å². The number of para-hydroxylation sites is 2. The Bertz CT molecular complexity index is 936. The number of amides is 1. The second kappa shape index (κ2) is 7.36. The van der Waals surface area contributed by atoms with E-state index in [1.807, 2.05) is 37.3 Å². The van der Waals surface area contributed by atoms with Crippen molar-refractivity contribution < 1.29 is 14.3 Å². The van der Waals surface area contributed by atoms with Gasteiger partial charge in [0.25, 0.3) is 5.91 Å². The van der Waals surface area contributed by atoms with Crippen molar-refractivity contribution in [1.29, 1.82) is 0 Å². The van der Waals surface area contributed by atoms with Crippen LogP contribution in [0.4, 0.5) is 5.69 Å². The van der Waals surface area contributed by atoms with E-state index in [1.165, 1.54) is 0 Å². The topological polar surface area (TPSA) is 73.2 Å². The number of benzene rings is 2. The van der Waals surface area contributed by atoms with Crippen molar-refractivity contribution >= 4 is 40.2 Å². The summed E-state index contributed by atoms with van der Waals surface area (Å²) in [5.74, 6) is -0.970. The molecule has 0 aliphatic rings. The summed E-state index contributed by atoms with van der Waals surface area (Å²) in [5.41, 5.74) is 3.09. The van der Waals surface area contributed by atoms with Crippen molar-refractivity contribution in [2.24, 2.45) is 0 Å². The molecular weight excluding hydrogens is 342 g/mol. The van der Waals surface area contributed by atoms with E-state index in [0.717, 1.165) is 16.6 Å². The second-order valence-corrected chi connectivity index (χ2v) is 5.96. The predicted molar refractivity (Wildman–Crippen MR) is 95.5 cm³/mol. The molecule has 1 heterocycles. The molecule has 3 rings (SSSR count). The third-order valence-electron chi connectivity index (χ3n) is 3.59. The smallest absolute Gasteiger partial charge is 0.326 e. The number of nitrogens with one attached hydrogen (secondary N) is 1. The Morgan fingerprint density at radius 3 is 2.84 bits per heavy atom. The number of hydrogen-bond donors (Lipinski definition) is 1. The highest BCUT2D eigenvalue weighted by molar-refractivity contribution is 6.33. The van der Waals surface area contributed by atoms with Crippen molar-refractivity contribution in [3.8, 4) is 0 Å². The van der Waals surface area contributed by atoms with Crippen LogP contribution in [0.25, 0.3) is 11.0 Å². The predicted octanol–water partition coefficient (Wildman–Crippen LogP) is 3.18. The molecule has 0 atom stereocenters. The van der Waals surface area contributed by atoms with Gasteiger partial charge in [-0.3, -0.25) is 9.59 Å². The molecule has 3 aromatic rings. The third-order valence-corrected chi connectivity index (χ3v) is 3.90. The number of aromatic nitrogens is 2. The van der Waals surface area contributed by atoms with Crippen molar-refractivity contribution in [2.45, 2.75) is 13.5 Å². The van der Waals surface area contributed by atoms with Crippen LogP contribution in [-0.4, -0.2) is 28.0 Å². The van der Waals surface area contributed by atoms with Crippen molar-refractivity contribution in [1.82, 2.24) is 9.55 Å². The van der Waals surface area contributed by atoms with Gasteiger partial charge >= 0.3 is 5.97 Å². The molecule has 7 heteroatoms. The van der Waals surface area contributed by atoms with Crippen molar-refractivity contribution in [2.75, 3.05) is 11.9 Å². The van der Waals surface area contributed by atoms with Crippen LogP contribution in [0, 0.1) is 6.92 Å². The van der Waals surface area contributed by atoms with Gasteiger partial charge in [0.1, 0.15) is 6.54 Å². The number of carbonyl (C=O) groups is 2. The second-order valence-electron chi connectivity index (χ2n) is 5.55. The van der Waals surface area contributed by atoms with Crippen LogP contribution in [0.5, 0.6) is 0 Å². The highest BCUT2D eigenvalue weighted by atomic mass is 35.5. The highest BCUT2D eigenvalue weighted by Gasteiger charge is 2.11. The molecule has 25 heavy (non-hydrogen) atoms. The number of esters is 1. The molecule has 0 spiro atoms. The van der Waals surface area contributed by atoms with E-state index in [9.17, 15) is 9.59 Å². The van der Waals surface area contributed by atoms with Gasteiger partial charge in [-0.25, -0.2) is 4.98 Å². The van der Waals surface area contributed by atoms with Gasteiger partial charge in [0.2, 0.25) is 0 Å². The Labute approximate surface area is 149 Å². The average molecular weight is 358 g/mol. The quantitative estimate of drug-likeness (QED) is 0.712. The summed E-state index contributed by atoms with van der Waals surface area (Å²) in [4.78, 5) is 28.0. The summed E-state index contributed by atoms with van der Waals surface area (Å²) in [6.07, 6.45) is 1.57. The van der Waals surface area contributed by atoms with Gasteiger partial charge < -0.3 is 14.6 Å². The van der Waals surface area contributed by atoms with Gasteiger partial charge in [0, 0.05) is 0 Å². The maximum absolute atomic E-state index is 11.9. The normalized spacial score (nSPS) is 10.6. The Hall–Kier alpha value is -2.86. The lowest BCUT2D eigenvalue weighted by Gasteiger charge is -2.09. The lowest BCUT2D eigenvalue weighted by Crippen LogP contribution is -2.23. The van der Waals surface area contributed by atoms with Crippen LogP contribution in [0.1, 0.15) is 5.56 Å². The molecule has 0 saturated heterocycles. The van der Waals surface area contributed by atoms with E-state index in [-0.39, 0.29) is 13.2 Å². The zero-order valence-electron chi connectivity index (χ0n) is 13.5. The Balaban J connectivity index is 1.54. The lowest BCUT2D eigenvalue weighted by atomic mass is 10.2. The fraction of sp³-hybridized carbons (Fsp3) is 0.167. The maximum Gasteiger partial charge on any atom is 0.326 e. The fourth-order valence-electron chi connectivity index (χ4n) is 2.37. The van der Waals surface area contributed by atoms with E-state index in [2.05, 4.69) is 10.3 Å². The monoisotopic (exact) mass is 357 g/mol. The van der Waals surface area contributed by atoms with Crippen LogP contribution in [-0.2, 0) is 20.9 Å². The van der Waals surface area contributed by atoms with Gasteiger partial charge in [0.15, 0.2) is 6.61 Å². The summed E-state index contributed by atoms with van der Waals surface area (Å²) in [5, 5.41) is 3.05. The Morgan fingerprint density at radius 1 is 1.24 bits per heavy atom. The molecule has 1 amide bonds. The average Bonchev–Trinajstić information content (AvgIpc) is 2.99. The maximum atomic E-state index is 11.9. The SMILES string of the molecule is Cc1ccc(NC(=O)COC(=O)Cn2cnc3ccccc32)c(Cl)c1. The van der Waals surface area contributed by atoms with Gasteiger partial charge in [-0.05, 0) is 36.8 Å². The molecule has 0 bridgehead atoms. The van der Waals surface area contributed by atoms with Gasteiger partial charge in [0.05, 0.1) is 28.1 Å². The van der Waals surface area contributed by atoms with E-state index < -0.39 is 11.9 Å². The number of ether oxygens (including phenoxy) is 1. The van der Waals surface area contributed by atoms with Crippen molar-refractivity contribution in [3.63, 3.8) is 0 Å². The van der Waals surface area contributed by atoms with Crippen LogP contribution in [0.2, 0.25) is 5.02 Å². The van der Waals surface area contributed by atoms with Crippen LogP contribution in [0.15, 0.2) is 48.8 Å². The zero-order valence-corrected chi connectivity index (χ0v) is 14.3. The first-order valence-corrected chi connectivity index (χ1v) is 8.02. The van der Waals surface area contributed by atoms with Crippen LogP contribution >= 0.6 is 11.6 Å². The minimum absolute atomic E-state index is 0.0148. The third kappa shape index (κ3) is 4.16. The molecule has 1 aromatic heterocycles. The number of fused-ring (bicyclic) bond motifs is 1. The molecule has 128 valence electrons. The van der Waals surface area contributed by atoms with Crippen LogP contribution in [0.3, 0.4) is 0 Å². The number of carbonyl (C=O) groups excluding carboxylic acids is 2. The first-order valence-electron chi connectivity index (χ1n) is 7.64. The molecule has 1 N–H and O–H groups in total. The largest absolute Gasteiger partial charge is 0.454 e. The Morgan fingerprint density at radius 2 is 2.04 bits per heavy atom. The van der Waals surface area contributed by atoms with E-state index in [1.54, 1.807) is 23.0 Å². The first kappa shape index (κ1) is 17.0. The lowest BCUT2D eigenvalue weighted by molar-refractivity contribution is -0.147. The molecule has 0 fully saturated rings. The highest BCUT2D eigenvalue weighted by Crippen LogP contribution is 2.22. The zero-order chi connectivity index (χ0) is 17.8. The summed E-state index contributed by atoms with van der Waals surface area (Å²) >= 11 is 6.05. The first-order chi connectivity index (χ1) is 12.0. The number of imidazole rings is 1. The van der Waals surface area contributed by atoms with Crippen LogP contribution < -0.4 is 5.32 Å². The molecule has 0 aliphatic heterocycles. The number of rotatable bonds is 5. The standard InChI is InChI=1S/C18H16ClN3O3/c1-12-6-7-14(13(19)8-12)21-17(23)10-25-18(24)9-22-11-20-15-4-2-3-5-16(15)22/h2-8,11H,9-10H2,1H3,(H,21,23). The molecule has 0 aliphatic carbocycles. The molecule has 6 nitrogen and oxygen atoms in total. The molecule has 0 radical (unpaired) electrons. The number of anilines is 1. The summed E-state index contributed by atoms with van der Waals surface area (Å²) in [6.45, 7) is 1.51. The van der Waals surface area contributed by atoms with Gasteiger partial charge in [-0.15, -0.1) is 0 Å². The van der Waals surface area contributed by atoms with E-state index >= 15 is 0 Å². The molecule has 2 aromatic carbocycles.